The number of nitrogens with two attached hydrogens (primary N) is 1. The zero-order valence-corrected chi connectivity index (χ0v) is 11.0. The molecule has 1 atom stereocenters. The van der Waals surface area contributed by atoms with Crippen molar-refractivity contribution in [2.24, 2.45) is 0 Å². The summed E-state index contributed by atoms with van der Waals surface area (Å²) in [7, 11) is 0. The Kier molecular flexibility index (Phi) is 3.71. The van der Waals surface area contributed by atoms with Crippen molar-refractivity contribution in [3.63, 3.8) is 0 Å². The summed E-state index contributed by atoms with van der Waals surface area (Å²) < 4.78 is 13.5. The first kappa shape index (κ1) is 12.7. The highest BCUT2D eigenvalue weighted by Crippen LogP contribution is 2.24. The first-order chi connectivity index (χ1) is 8.60. The summed E-state index contributed by atoms with van der Waals surface area (Å²) >= 11 is 1.60. The number of nitrogens with zero attached hydrogens (tertiary/aromatic N) is 3. The maximum atomic E-state index is 13.5. The summed E-state index contributed by atoms with van der Waals surface area (Å²) in [5, 5.41) is 3.84. The molecule has 0 aromatic carbocycles. The highest BCUT2D eigenvalue weighted by atomic mass is 32.1. The quantitative estimate of drug-likeness (QED) is 0.889. The summed E-state index contributed by atoms with van der Waals surface area (Å²) in [6.45, 7) is 3.97. The lowest BCUT2D eigenvalue weighted by Gasteiger charge is -2.12. The number of hydrogen-bond acceptors (Lipinski definition) is 6. The van der Waals surface area contributed by atoms with Gasteiger partial charge >= 0.3 is 0 Å². The zero-order valence-electron chi connectivity index (χ0n) is 10.1. The van der Waals surface area contributed by atoms with Gasteiger partial charge in [-0.25, -0.2) is 14.4 Å². The Morgan fingerprint density at radius 3 is 2.89 bits per heavy atom. The minimum absolute atomic E-state index is 0.0412. The third-order valence-electron chi connectivity index (χ3n) is 2.41. The Bertz CT molecular complexity index is 542. The van der Waals surface area contributed by atoms with Crippen LogP contribution < -0.4 is 11.1 Å². The first-order valence-electron chi connectivity index (χ1n) is 5.59. The highest BCUT2D eigenvalue weighted by Gasteiger charge is 2.13. The average molecular weight is 267 g/mol. The molecule has 2 rings (SSSR count). The van der Waals surface area contributed by atoms with Crippen LogP contribution in [0.4, 0.5) is 16.2 Å². The second-order valence-electron chi connectivity index (χ2n) is 3.81. The number of anilines is 2. The van der Waals surface area contributed by atoms with Crippen LogP contribution in [0.3, 0.4) is 0 Å². The van der Waals surface area contributed by atoms with Gasteiger partial charge in [-0.1, -0.05) is 6.92 Å². The van der Waals surface area contributed by atoms with E-state index in [2.05, 4.69) is 27.2 Å². The molecule has 0 radical (unpaired) electrons. The minimum atomic E-state index is -0.525. The fourth-order valence-electron chi connectivity index (χ4n) is 1.44. The van der Waals surface area contributed by atoms with E-state index in [0.717, 1.165) is 17.6 Å². The molecule has 0 aliphatic carbocycles. The number of aromatic nitrogens is 3. The van der Waals surface area contributed by atoms with Crippen molar-refractivity contribution in [1.82, 2.24) is 15.0 Å². The SMILES string of the molecule is CCc1cnc(C(C)Nc2nc(N)ncc2F)s1. The third-order valence-corrected chi connectivity index (χ3v) is 3.73. The molecule has 0 saturated heterocycles. The lowest BCUT2D eigenvalue weighted by atomic mass is 10.3. The Balaban J connectivity index is 2.15. The molecule has 2 heterocycles. The fourth-order valence-corrected chi connectivity index (χ4v) is 2.29. The maximum Gasteiger partial charge on any atom is 0.222 e. The normalized spacial score (nSPS) is 12.4. The van der Waals surface area contributed by atoms with Crippen molar-refractivity contribution in [3.8, 4) is 0 Å². The molecule has 96 valence electrons. The zero-order chi connectivity index (χ0) is 13.1. The molecule has 0 fully saturated rings. The molecule has 18 heavy (non-hydrogen) atoms. The largest absolute Gasteiger partial charge is 0.368 e. The topological polar surface area (TPSA) is 76.7 Å². The molecule has 1 unspecified atom stereocenters. The van der Waals surface area contributed by atoms with Crippen molar-refractivity contribution in [2.75, 3.05) is 11.1 Å². The van der Waals surface area contributed by atoms with E-state index in [9.17, 15) is 4.39 Å². The van der Waals surface area contributed by atoms with E-state index in [1.165, 1.54) is 4.88 Å². The summed E-state index contributed by atoms with van der Waals surface area (Å²) in [4.78, 5) is 12.9. The lowest BCUT2D eigenvalue weighted by molar-refractivity contribution is 0.614. The maximum absolute atomic E-state index is 13.5. The van der Waals surface area contributed by atoms with Gasteiger partial charge in [0.05, 0.1) is 12.2 Å². The smallest absolute Gasteiger partial charge is 0.222 e. The van der Waals surface area contributed by atoms with Crippen LogP contribution >= 0.6 is 11.3 Å². The van der Waals surface area contributed by atoms with E-state index in [4.69, 9.17) is 5.73 Å². The molecule has 0 saturated carbocycles. The van der Waals surface area contributed by atoms with E-state index in [-0.39, 0.29) is 17.8 Å². The Morgan fingerprint density at radius 2 is 2.22 bits per heavy atom. The van der Waals surface area contributed by atoms with Crippen LogP contribution in [-0.4, -0.2) is 15.0 Å². The second kappa shape index (κ2) is 5.26. The lowest BCUT2D eigenvalue weighted by Crippen LogP contribution is -2.10. The molecular weight excluding hydrogens is 253 g/mol. The van der Waals surface area contributed by atoms with Crippen LogP contribution in [0.15, 0.2) is 12.4 Å². The first-order valence-corrected chi connectivity index (χ1v) is 6.41. The highest BCUT2D eigenvalue weighted by molar-refractivity contribution is 7.11. The van der Waals surface area contributed by atoms with E-state index in [1.807, 2.05) is 13.1 Å². The van der Waals surface area contributed by atoms with Crippen LogP contribution in [0.2, 0.25) is 0 Å². The Morgan fingerprint density at radius 1 is 1.44 bits per heavy atom. The van der Waals surface area contributed by atoms with E-state index in [0.29, 0.717) is 0 Å². The average Bonchev–Trinajstić information content (AvgIpc) is 2.82. The van der Waals surface area contributed by atoms with Gasteiger partial charge < -0.3 is 11.1 Å². The summed E-state index contributed by atoms with van der Waals surface area (Å²) in [5.74, 6) is -0.383. The molecule has 0 amide bonds. The number of aryl methyl sites for hydroxylation is 1. The van der Waals surface area contributed by atoms with Crippen molar-refractivity contribution in [2.45, 2.75) is 26.3 Å². The number of halogens is 1. The van der Waals surface area contributed by atoms with Gasteiger partial charge in [0.2, 0.25) is 5.95 Å². The van der Waals surface area contributed by atoms with E-state index < -0.39 is 5.82 Å². The van der Waals surface area contributed by atoms with Crippen LogP contribution in [0.5, 0.6) is 0 Å². The summed E-state index contributed by atoms with van der Waals surface area (Å²) in [6.07, 6.45) is 3.83. The molecule has 0 aliphatic heterocycles. The number of nitrogen functional groups attached to an aromatic ring is 1. The molecule has 7 heteroatoms. The van der Waals surface area contributed by atoms with Gasteiger partial charge in [-0.3, -0.25) is 0 Å². The van der Waals surface area contributed by atoms with Crippen molar-refractivity contribution >= 4 is 23.1 Å². The van der Waals surface area contributed by atoms with Crippen LogP contribution in [0.25, 0.3) is 0 Å². The van der Waals surface area contributed by atoms with Crippen LogP contribution in [0.1, 0.15) is 29.8 Å². The van der Waals surface area contributed by atoms with Gasteiger partial charge in [-0.05, 0) is 13.3 Å². The number of rotatable bonds is 4. The summed E-state index contributed by atoms with van der Waals surface area (Å²) in [5.41, 5.74) is 5.43. The van der Waals surface area contributed by atoms with E-state index >= 15 is 0 Å². The molecule has 0 spiro atoms. The van der Waals surface area contributed by atoms with Gasteiger partial charge in [-0.15, -0.1) is 11.3 Å². The van der Waals surface area contributed by atoms with Gasteiger partial charge in [0.1, 0.15) is 5.01 Å². The second-order valence-corrected chi connectivity index (χ2v) is 4.96. The Labute approximate surface area is 108 Å². The minimum Gasteiger partial charge on any atom is -0.368 e. The van der Waals surface area contributed by atoms with E-state index in [1.54, 1.807) is 11.3 Å². The fraction of sp³-hybridized carbons (Fsp3) is 0.364. The summed E-state index contributed by atoms with van der Waals surface area (Å²) in [6, 6.07) is -0.126. The number of nitrogens with one attached hydrogen (secondary N) is 1. The van der Waals surface area contributed by atoms with Gasteiger partial charge in [0, 0.05) is 11.1 Å². The molecule has 3 N–H and O–H groups in total. The Hall–Kier alpha value is -1.76. The van der Waals surface area contributed by atoms with Gasteiger partial charge in [0.25, 0.3) is 0 Å². The van der Waals surface area contributed by atoms with Gasteiger partial charge in [0.15, 0.2) is 11.6 Å². The predicted octanol–water partition coefficient (Wildman–Crippen LogP) is 2.39. The monoisotopic (exact) mass is 267 g/mol. The predicted molar refractivity (Wildman–Crippen MR) is 69.9 cm³/mol. The van der Waals surface area contributed by atoms with Crippen LogP contribution in [0, 0.1) is 5.82 Å². The van der Waals surface area contributed by atoms with Gasteiger partial charge in [-0.2, -0.15) is 4.98 Å². The number of thiazole rings is 1. The molecule has 5 nitrogen and oxygen atoms in total. The van der Waals surface area contributed by atoms with Crippen molar-refractivity contribution in [3.05, 3.63) is 28.1 Å². The standard InChI is InChI=1S/C11H14FN5S/c1-3-7-4-14-10(18-7)6(2)16-9-8(12)5-15-11(13)17-9/h4-6H,3H2,1-2H3,(H3,13,15,16,17). The third kappa shape index (κ3) is 2.73. The molecule has 2 aromatic heterocycles. The van der Waals surface area contributed by atoms with Crippen molar-refractivity contribution in [1.29, 1.82) is 0 Å². The molecule has 0 aliphatic rings. The molecular formula is C11H14FN5S. The molecule has 0 bridgehead atoms. The van der Waals surface area contributed by atoms with Crippen LogP contribution in [-0.2, 0) is 6.42 Å². The molecule has 2 aromatic rings. The number of hydrogen-bond donors (Lipinski definition) is 2. The van der Waals surface area contributed by atoms with Crippen molar-refractivity contribution < 1.29 is 4.39 Å².